The fourth-order valence-corrected chi connectivity index (χ4v) is 5.50. The fraction of sp³-hybridized carbons (Fsp3) is 0.556. The number of unbranched alkanes of at least 4 members (excludes halogenated alkanes) is 1. The largest absolute Gasteiger partial charge is 0.342 e. The third kappa shape index (κ3) is 5.47. The zero-order valence-electron chi connectivity index (χ0n) is 18.9. The number of fused-ring (bicyclic) bond motifs is 2. The van der Waals surface area contributed by atoms with Gasteiger partial charge in [-0.15, -0.1) is 0 Å². The molecule has 0 aromatic heterocycles. The van der Waals surface area contributed by atoms with E-state index in [1.54, 1.807) is 0 Å². The normalized spacial score (nSPS) is 21.0. The highest BCUT2D eigenvalue weighted by atomic mass is 16.2. The molecule has 2 fully saturated rings. The lowest BCUT2D eigenvalue weighted by Crippen LogP contribution is -2.44. The van der Waals surface area contributed by atoms with Crippen molar-refractivity contribution < 1.29 is 9.59 Å². The van der Waals surface area contributed by atoms with Crippen molar-refractivity contribution in [3.05, 3.63) is 48.0 Å². The minimum atomic E-state index is 0.156. The average Bonchev–Trinajstić information content (AvgIpc) is 2.81. The molecule has 2 aliphatic rings. The Kier molecular flexibility index (Phi) is 7.26. The predicted octanol–water partition coefficient (Wildman–Crippen LogP) is 5.40. The van der Waals surface area contributed by atoms with Crippen molar-refractivity contribution in [2.45, 2.75) is 64.3 Å². The van der Waals surface area contributed by atoms with Gasteiger partial charge >= 0.3 is 0 Å². The number of amides is 2. The quantitative estimate of drug-likeness (QED) is 0.563. The number of piperidine rings is 1. The SMILES string of the molecule is CN(Cc1cccc2ccccc12)C(=O)CCCCC(=O)N1CCC2CCCCC2C1. The summed E-state index contributed by atoms with van der Waals surface area (Å²) in [6.45, 7) is 2.53. The molecule has 1 saturated carbocycles. The number of likely N-dealkylation sites (tertiary alicyclic amines) is 1. The Labute approximate surface area is 186 Å². The predicted molar refractivity (Wildman–Crippen MR) is 126 cm³/mol. The molecular formula is C27H36N2O2. The first-order chi connectivity index (χ1) is 15.1. The molecule has 0 bridgehead atoms. The van der Waals surface area contributed by atoms with Crippen LogP contribution in [0.25, 0.3) is 10.8 Å². The molecule has 1 aliphatic heterocycles. The molecule has 2 amide bonds. The molecule has 4 nitrogen and oxygen atoms in total. The van der Waals surface area contributed by atoms with E-state index in [4.69, 9.17) is 0 Å². The molecule has 1 saturated heterocycles. The van der Waals surface area contributed by atoms with Crippen LogP contribution in [0.1, 0.15) is 63.4 Å². The summed E-state index contributed by atoms with van der Waals surface area (Å²) >= 11 is 0. The summed E-state index contributed by atoms with van der Waals surface area (Å²) in [7, 11) is 1.88. The van der Waals surface area contributed by atoms with Crippen molar-refractivity contribution in [2.24, 2.45) is 11.8 Å². The number of benzene rings is 2. The van der Waals surface area contributed by atoms with Crippen LogP contribution in [0.15, 0.2) is 42.5 Å². The zero-order valence-corrected chi connectivity index (χ0v) is 18.9. The number of hydrogen-bond acceptors (Lipinski definition) is 2. The third-order valence-electron chi connectivity index (χ3n) is 7.39. The summed E-state index contributed by atoms with van der Waals surface area (Å²) in [6.07, 6.45) is 9.23. The van der Waals surface area contributed by atoms with E-state index >= 15 is 0 Å². The van der Waals surface area contributed by atoms with Crippen LogP contribution in [0.2, 0.25) is 0 Å². The lowest BCUT2D eigenvalue weighted by molar-refractivity contribution is -0.135. The Morgan fingerprint density at radius 2 is 1.68 bits per heavy atom. The van der Waals surface area contributed by atoms with Crippen LogP contribution in [-0.2, 0) is 16.1 Å². The summed E-state index contributed by atoms with van der Waals surface area (Å²) < 4.78 is 0. The Balaban J connectivity index is 1.19. The number of rotatable bonds is 7. The van der Waals surface area contributed by atoms with Crippen molar-refractivity contribution in [3.8, 4) is 0 Å². The van der Waals surface area contributed by atoms with E-state index in [1.165, 1.54) is 48.4 Å². The minimum Gasteiger partial charge on any atom is -0.342 e. The van der Waals surface area contributed by atoms with Crippen molar-refractivity contribution in [1.82, 2.24) is 9.80 Å². The maximum absolute atomic E-state index is 12.6. The van der Waals surface area contributed by atoms with Gasteiger partial charge in [-0.3, -0.25) is 9.59 Å². The molecule has 166 valence electrons. The van der Waals surface area contributed by atoms with Gasteiger partial charge in [0.1, 0.15) is 0 Å². The lowest BCUT2D eigenvalue weighted by Gasteiger charge is -2.41. The second kappa shape index (κ2) is 10.3. The summed E-state index contributed by atoms with van der Waals surface area (Å²) in [5.74, 6) is 2.03. The number of nitrogens with zero attached hydrogens (tertiary/aromatic N) is 2. The molecule has 0 spiro atoms. The number of hydrogen-bond donors (Lipinski definition) is 0. The molecule has 4 rings (SSSR count). The van der Waals surface area contributed by atoms with Crippen LogP contribution in [0.5, 0.6) is 0 Å². The lowest BCUT2D eigenvalue weighted by atomic mass is 9.75. The summed E-state index contributed by atoms with van der Waals surface area (Å²) in [5, 5.41) is 2.41. The smallest absolute Gasteiger partial charge is 0.222 e. The first kappa shape index (κ1) is 21.9. The molecule has 31 heavy (non-hydrogen) atoms. The van der Waals surface area contributed by atoms with Gasteiger partial charge < -0.3 is 9.80 Å². The Morgan fingerprint density at radius 3 is 2.55 bits per heavy atom. The van der Waals surface area contributed by atoms with Gasteiger partial charge in [0.15, 0.2) is 0 Å². The highest BCUT2D eigenvalue weighted by molar-refractivity contribution is 5.86. The van der Waals surface area contributed by atoms with Crippen LogP contribution >= 0.6 is 0 Å². The van der Waals surface area contributed by atoms with Crippen LogP contribution in [-0.4, -0.2) is 41.8 Å². The van der Waals surface area contributed by atoms with E-state index in [0.717, 1.165) is 37.8 Å². The third-order valence-corrected chi connectivity index (χ3v) is 7.39. The molecule has 0 radical (unpaired) electrons. The van der Waals surface area contributed by atoms with E-state index in [2.05, 4.69) is 35.2 Å². The fourth-order valence-electron chi connectivity index (χ4n) is 5.50. The van der Waals surface area contributed by atoms with Crippen LogP contribution < -0.4 is 0 Å². The molecule has 0 N–H and O–H groups in total. The van der Waals surface area contributed by atoms with E-state index < -0.39 is 0 Å². The monoisotopic (exact) mass is 420 g/mol. The van der Waals surface area contributed by atoms with Crippen LogP contribution in [0, 0.1) is 11.8 Å². The van der Waals surface area contributed by atoms with Crippen LogP contribution in [0.3, 0.4) is 0 Å². The average molecular weight is 421 g/mol. The molecule has 4 heteroatoms. The van der Waals surface area contributed by atoms with Crippen LogP contribution in [0.4, 0.5) is 0 Å². The van der Waals surface area contributed by atoms with Gasteiger partial charge in [0.2, 0.25) is 11.8 Å². The Hall–Kier alpha value is -2.36. The standard InChI is InChI=1S/C27H36N2O2/c1-28(19-24-13-8-12-22-10-4-5-14-25(22)24)26(30)15-6-7-16-27(31)29-18-17-21-9-2-3-11-23(21)20-29/h4-5,8,10,12-14,21,23H,2-3,6-7,9,11,15-20H2,1H3. The van der Waals surface area contributed by atoms with E-state index in [0.29, 0.717) is 25.3 Å². The number of carbonyl (C=O) groups is 2. The highest BCUT2D eigenvalue weighted by Crippen LogP contribution is 2.36. The van der Waals surface area contributed by atoms with Gasteiger partial charge in [-0.25, -0.2) is 0 Å². The molecule has 2 aromatic rings. The minimum absolute atomic E-state index is 0.156. The summed E-state index contributed by atoms with van der Waals surface area (Å²) in [4.78, 5) is 29.2. The van der Waals surface area contributed by atoms with Gasteiger partial charge in [-0.2, -0.15) is 0 Å². The van der Waals surface area contributed by atoms with E-state index in [9.17, 15) is 9.59 Å². The van der Waals surface area contributed by atoms with Crippen molar-refractivity contribution in [2.75, 3.05) is 20.1 Å². The molecule has 2 unspecified atom stereocenters. The van der Waals surface area contributed by atoms with Gasteiger partial charge in [0.05, 0.1) is 0 Å². The summed E-state index contributed by atoms with van der Waals surface area (Å²) in [5.41, 5.74) is 1.18. The summed E-state index contributed by atoms with van der Waals surface area (Å²) in [6, 6.07) is 14.6. The van der Waals surface area contributed by atoms with Gasteiger partial charge in [-0.05, 0) is 53.9 Å². The van der Waals surface area contributed by atoms with Crippen molar-refractivity contribution >= 4 is 22.6 Å². The molecular weight excluding hydrogens is 384 g/mol. The van der Waals surface area contributed by atoms with E-state index in [-0.39, 0.29) is 5.91 Å². The maximum Gasteiger partial charge on any atom is 0.222 e. The number of carbonyl (C=O) groups excluding carboxylic acids is 2. The second-order valence-electron chi connectivity index (χ2n) is 9.53. The van der Waals surface area contributed by atoms with Gasteiger partial charge in [0.25, 0.3) is 0 Å². The molecule has 1 aliphatic carbocycles. The molecule has 1 heterocycles. The topological polar surface area (TPSA) is 40.6 Å². The second-order valence-corrected chi connectivity index (χ2v) is 9.53. The van der Waals surface area contributed by atoms with Crippen molar-refractivity contribution in [3.63, 3.8) is 0 Å². The Morgan fingerprint density at radius 1 is 0.935 bits per heavy atom. The first-order valence-corrected chi connectivity index (χ1v) is 12.1. The van der Waals surface area contributed by atoms with Gasteiger partial charge in [0, 0.05) is 39.5 Å². The highest BCUT2D eigenvalue weighted by Gasteiger charge is 2.32. The van der Waals surface area contributed by atoms with Crippen molar-refractivity contribution in [1.29, 1.82) is 0 Å². The zero-order chi connectivity index (χ0) is 21.6. The molecule has 2 atom stereocenters. The first-order valence-electron chi connectivity index (χ1n) is 12.1. The maximum atomic E-state index is 12.6. The Bertz CT molecular complexity index is 904. The van der Waals surface area contributed by atoms with Gasteiger partial charge in [-0.1, -0.05) is 61.7 Å². The molecule has 2 aromatic carbocycles. The van der Waals surface area contributed by atoms with E-state index in [1.807, 2.05) is 24.1 Å².